The van der Waals surface area contributed by atoms with E-state index in [2.05, 4.69) is 0 Å². The van der Waals surface area contributed by atoms with E-state index in [1.54, 1.807) is 0 Å². The van der Waals surface area contributed by atoms with Crippen LogP contribution in [0, 0.1) is 5.92 Å². The second kappa shape index (κ2) is 8.06. The van der Waals surface area contributed by atoms with E-state index in [0.29, 0.717) is 6.07 Å². The van der Waals surface area contributed by atoms with Crippen LogP contribution in [0.2, 0.25) is 0 Å². The van der Waals surface area contributed by atoms with Crippen LogP contribution in [0.1, 0.15) is 35.9 Å². The highest BCUT2D eigenvalue weighted by Crippen LogP contribution is 2.61. The maximum absolute atomic E-state index is 14.2. The molecule has 0 aliphatic heterocycles. The van der Waals surface area contributed by atoms with Gasteiger partial charge in [-0.05, 0) is 18.6 Å². The highest BCUT2D eigenvalue weighted by atomic mass is 19.4. The Hall–Kier alpha value is -2.06. The molecule has 0 amide bonds. The monoisotopic (exact) mass is 496 g/mol. The molecule has 0 aromatic heterocycles. The van der Waals surface area contributed by atoms with Crippen LogP contribution in [0.25, 0.3) is 0 Å². The predicted molar refractivity (Wildman–Crippen MR) is 81.4 cm³/mol. The van der Waals surface area contributed by atoms with Crippen LogP contribution >= 0.6 is 0 Å². The molecule has 0 fully saturated rings. The van der Waals surface area contributed by atoms with Gasteiger partial charge in [-0.25, -0.2) is 0 Å². The van der Waals surface area contributed by atoms with Gasteiger partial charge in [0.25, 0.3) is 0 Å². The van der Waals surface area contributed by atoms with E-state index >= 15 is 0 Å². The minimum absolute atomic E-state index is 0.0604. The van der Waals surface area contributed by atoms with Crippen LogP contribution in [-0.2, 0) is 0 Å². The Morgan fingerprint density at radius 3 is 1.62 bits per heavy atom. The molecule has 0 heterocycles. The van der Waals surface area contributed by atoms with Crippen molar-refractivity contribution >= 4 is 5.78 Å². The molecule has 1 rings (SSSR count). The van der Waals surface area contributed by atoms with Crippen LogP contribution in [0.5, 0.6) is 0 Å². The fraction of sp³-hybridized carbons (Fsp3) is 0.588. The van der Waals surface area contributed by atoms with Crippen molar-refractivity contribution in [1.82, 2.24) is 0 Å². The number of alkyl halides is 13. The minimum atomic E-state index is -8.01. The molecule has 0 aliphatic rings. The number of halogens is 13. The third-order valence-corrected chi connectivity index (χ3v) is 4.64. The molecular formula is C17H13F13O2. The van der Waals surface area contributed by atoms with Crippen molar-refractivity contribution in [3.05, 3.63) is 35.4 Å². The largest absolute Gasteiger partial charge is 0.460 e. The number of ketones is 1. The molecule has 0 saturated heterocycles. The topological polar surface area (TPSA) is 37.3 Å². The molecule has 2 nitrogen and oxygen atoms in total. The van der Waals surface area contributed by atoms with Crippen molar-refractivity contribution in [2.45, 2.75) is 55.7 Å². The van der Waals surface area contributed by atoms with Crippen molar-refractivity contribution < 1.29 is 67.0 Å². The van der Waals surface area contributed by atoms with Crippen molar-refractivity contribution in [1.29, 1.82) is 0 Å². The first-order valence-corrected chi connectivity index (χ1v) is 8.23. The Balaban J connectivity index is 3.50. The normalized spacial score (nSPS) is 16.6. The van der Waals surface area contributed by atoms with E-state index < -0.39 is 59.2 Å². The smallest absolute Gasteiger partial charge is 0.388 e. The van der Waals surface area contributed by atoms with Crippen molar-refractivity contribution in [2.24, 2.45) is 5.92 Å². The first-order valence-electron chi connectivity index (χ1n) is 8.23. The van der Waals surface area contributed by atoms with Gasteiger partial charge in [0.1, 0.15) is 0 Å². The van der Waals surface area contributed by atoms with Gasteiger partial charge < -0.3 is 5.11 Å². The van der Waals surface area contributed by atoms with Gasteiger partial charge in [0.2, 0.25) is 0 Å². The molecule has 0 aliphatic carbocycles. The number of hydrogen-bond donors (Lipinski definition) is 1. The van der Waals surface area contributed by atoms with E-state index in [-0.39, 0.29) is 12.5 Å². The summed E-state index contributed by atoms with van der Waals surface area (Å²) in [6.07, 6.45) is -10.4. The maximum atomic E-state index is 14.2. The summed E-state index contributed by atoms with van der Waals surface area (Å²) in [4.78, 5) is 11.3. The molecular weight excluding hydrogens is 483 g/mol. The molecule has 1 N–H and O–H groups in total. The van der Waals surface area contributed by atoms with Crippen LogP contribution in [-0.4, -0.2) is 46.7 Å². The van der Waals surface area contributed by atoms with Gasteiger partial charge >= 0.3 is 35.8 Å². The van der Waals surface area contributed by atoms with Gasteiger partial charge in [0.05, 0.1) is 12.0 Å². The molecule has 0 spiro atoms. The summed E-state index contributed by atoms with van der Waals surface area (Å²) in [5.41, 5.74) is -1.03. The Kier molecular flexibility index (Phi) is 7.05. The molecule has 184 valence electrons. The summed E-state index contributed by atoms with van der Waals surface area (Å²) < 4.78 is 172. The third kappa shape index (κ3) is 4.03. The zero-order valence-corrected chi connectivity index (χ0v) is 15.7. The first-order chi connectivity index (χ1) is 14.0. The third-order valence-electron chi connectivity index (χ3n) is 4.64. The number of Topliss-reactive ketones (excluding diaryl/α,β-unsaturated/α-hetero) is 1. The molecule has 0 saturated carbocycles. The lowest BCUT2D eigenvalue weighted by atomic mass is 9.83. The quantitative estimate of drug-likeness (QED) is 0.339. The molecule has 2 unspecified atom stereocenters. The number of benzene rings is 1. The van der Waals surface area contributed by atoms with Crippen molar-refractivity contribution in [2.75, 3.05) is 0 Å². The second-order valence-electron chi connectivity index (χ2n) is 6.83. The Morgan fingerprint density at radius 1 is 0.781 bits per heavy atom. The summed E-state index contributed by atoms with van der Waals surface area (Å²) in [5, 5.41) is 9.87. The van der Waals surface area contributed by atoms with Gasteiger partial charge in [0, 0.05) is 5.56 Å². The van der Waals surface area contributed by atoms with Gasteiger partial charge in [0.15, 0.2) is 5.78 Å². The van der Waals surface area contributed by atoms with Crippen LogP contribution in [0.15, 0.2) is 24.3 Å². The summed E-state index contributed by atoms with van der Waals surface area (Å²) in [5.74, 6) is -41.9. The second-order valence-corrected chi connectivity index (χ2v) is 6.83. The molecule has 1 aromatic rings. The first kappa shape index (κ1) is 28.0. The predicted octanol–water partition coefficient (Wildman–Crippen LogP) is 6.30. The van der Waals surface area contributed by atoms with E-state index in [9.17, 15) is 67.0 Å². The standard InChI is InChI=1S/C17H13F13O2/c1-7(11(32)10-5-3-4-9(6-10)8(2)31)12(18,19)13(20,21)14(22,23)15(24,25)16(26,27)17(28,29)30/h3-7,11,32H,1-2H3. The minimum Gasteiger partial charge on any atom is -0.388 e. The maximum Gasteiger partial charge on any atom is 0.460 e. The fourth-order valence-corrected chi connectivity index (χ4v) is 2.50. The highest BCUT2D eigenvalue weighted by molar-refractivity contribution is 5.94. The average Bonchev–Trinajstić information content (AvgIpc) is 2.65. The van der Waals surface area contributed by atoms with E-state index in [1.807, 2.05) is 0 Å². The summed E-state index contributed by atoms with van der Waals surface area (Å²) in [6, 6.07) is 3.45. The average molecular weight is 496 g/mol. The summed E-state index contributed by atoms with van der Waals surface area (Å²) in [7, 11) is 0. The zero-order chi connectivity index (χ0) is 25.7. The van der Waals surface area contributed by atoms with Gasteiger partial charge in [-0.2, -0.15) is 57.1 Å². The lowest BCUT2D eigenvalue weighted by Gasteiger charge is -2.42. The number of aliphatic hydroxyl groups is 1. The van der Waals surface area contributed by atoms with Crippen LogP contribution in [0.4, 0.5) is 57.1 Å². The Morgan fingerprint density at radius 2 is 1.22 bits per heavy atom. The highest BCUT2D eigenvalue weighted by Gasteiger charge is 2.91. The van der Waals surface area contributed by atoms with Crippen LogP contribution in [0.3, 0.4) is 0 Å². The van der Waals surface area contributed by atoms with Gasteiger partial charge in [-0.3, -0.25) is 4.79 Å². The number of carbonyl (C=O) groups excluding carboxylic acids is 1. The number of aliphatic hydroxyl groups excluding tert-OH is 1. The van der Waals surface area contributed by atoms with E-state index in [0.717, 1.165) is 25.1 Å². The molecule has 0 radical (unpaired) electrons. The van der Waals surface area contributed by atoms with Crippen molar-refractivity contribution in [3.63, 3.8) is 0 Å². The summed E-state index contributed by atoms with van der Waals surface area (Å²) in [6.45, 7) is 0.899. The van der Waals surface area contributed by atoms with Gasteiger partial charge in [-0.15, -0.1) is 0 Å². The number of rotatable bonds is 8. The Labute approximate surface area is 171 Å². The number of carbonyl (C=O) groups is 1. The van der Waals surface area contributed by atoms with E-state index in [4.69, 9.17) is 0 Å². The fourth-order valence-electron chi connectivity index (χ4n) is 2.50. The molecule has 0 bridgehead atoms. The Bertz CT molecular complexity index is 845. The lowest BCUT2D eigenvalue weighted by molar-refractivity contribution is -0.444. The number of hydrogen-bond acceptors (Lipinski definition) is 2. The lowest BCUT2D eigenvalue weighted by Crippen LogP contribution is -2.71. The molecule has 2 atom stereocenters. The summed E-state index contributed by atoms with van der Waals surface area (Å²) >= 11 is 0. The molecule has 32 heavy (non-hydrogen) atoms. The van der Waals surface area contributed by atoms with Crippen molar-refractivity contribution in [3.8, 4) is 0 Å². The molecule has 15 heteroatoms. The van der Waals surface area contributed by atoms with E-state index in [1.165, 1.54) is 0 Å². The molecule has 1 aromatic carbocycles. The SMILES string of the molecule is CC(=O)c1cccc(C(O)C(C)C(F)(F)C(F)(F)C(F)(F)C(F)(F)C(F)(F)C(F)(F)F)c1. The van der Waals surface area contributed by atoms with Crippen LogP contribution < -0.4 is 0 Å². The zero-order valence-electron chi connectivity index (χ0n) is 15.7. The van der Waals surface area contributed by atoms with Gasteiger partial charge in [-0.1, -0.05) is 25.1 Å².